The first-order valence-electron chi connectivity index (χ1n) is 9.97. The molecule has 3 aromatic rings. The highest BCUT2D eigenvalue weighted by molar-refractivity contribution is 7.20. The van der Waals surface area contributed by atoms with Crippen LogP contribution >= 0.6 is 11.3 Å². The van der Waals surface area contributed by atoms with Gasteiger partial charge in [0, 0.05) is 20.1 Å². The van der Waals surface area contributed by atoms with Crippen molar-refractivity contribution in [2.24, 2.45) is 5.92 Å². The van der Waals surface area contributed by atoms with Crippen molar-refractivity contribution < 1.29 is 9.21 Å². The first-order valence-corrected chi connectivity index (χ1v) is 10.8. The molecule has 0 aliphatic carbocycles. The Bertz CT molecular complexity index is 985. The van der Waals surface area contributed by atoms with E-state index in [1.165, 1.54) is 24.2 Å². The van der Waals surface area contributed by atoms with Gasteiger partial charge >= 0.3 is 0 Å². The lowest BCUT2D eigenvalue weighted by atomic mass is 9.98. The van der Waals surface area contributed by atoms with Crippen molar-refractivity contribution in [2.45, 2.75) is 26.3 Å². The number of thiophene rings is 1. The summed E-state index contributed by atoms with van der Waals surface area (Å²) < 4.78 is 5.38. The summed E-state index contributed by atoms with van der Waals surface area (Å²) >= 11 is 1.44. The van der Waals surface area contributed by atoms with Gasteiger partial charge in [0.15, 0.2) is 0 Å². The van der Waals surface area contributed by atoms with E-state index in [1.54, 1.807) is 12.6 Å². The Kier molecular flexibility index (Phi) is 5.82. The van der Waals surface area contributed by atoms with E-state index in [1.807, 2.05) is 31.0 Å². The second-order valence-electron chi connectivity index (χ2n) is 7.85. The van der Waals surface area contributed by atoms with Gasteiger partial charge in [-0.2, -0.15) is 0 Å². The lowest BCUT2D eigenvalue weighted by molar-refractivity contribution is 0.0745. The maximum atomic E-state index is 13.2. The number of carbonyl (C=O) groups is 1. The number of hydrogen-bond acceptors (Lipinski definition) is 7. The van der Waals surface area contributed by atoms with Gasteiger partial charge < -0.3 is 19.5 Å². The zero-order valence-electron chi connectivity index (χ0n) is 17.1. The van der Waals surface area contributed by atoms with Crippen LogP contribution in [0.2, 0.25) is 0 Å². The summed E-state index contributed by atoms with van der Waals surface area (Å²) in [5.74, 6) is 2.16. The molecule has 1 saturated heterocycles. The molecule has 1 fully saturated rings. The minimum Gasteiger partial charge on any atom is -0.467 e. The molecule has 154 valence electrons. The number of amides is 1. The number of fused-ring (bicyclic) bond motifs is 1. The van der Waals surface area contributed by atoms with Gasteiger partial charge in [-0.15, -0.1) is 11.3 Å². The van der Waals surface area contributed by atoms with Crippen LogP contribution in [0.15, 0.2) is 29.1 Å². The smallest absolute Gasteiger partial charge is 0.264 e. The van der Waals surface area contributed by atoms with Crippen molar-refractivity contribution in [1.82, 2.24) is 19.8 Å². The summed E-state index contributed by atoms with van der Waals surface area (Å²) in [5.41, 5.74) is 0.935. The van der Waals surface area contributed by atoms with E-state index in [-0.39, 0.29) is 5.91 Å². The van der Waals surface area contributed by atoms with Gasteiger partial charge in [0.25, 0.3) is 5.91 Å². The molecule has 0 bridgehead atoms. The third kappa shape index (κ3) is 4.28. The number of nitrogens with zero attached hydrogens (tertiary/aromatic N) is 4. The van der Waals surface area contributed by atoms with Gasteiger partial charge in [0.05, 0.1) is 23.1 Å². The van der Waals surface area contributed by atoms with Crippen LogP contribution in [0.3, 0.4) is 0 Å². The highest BCUT2D eigenvalue weighted by Crippen LogP contribution is 2.34. The molecule has 0 aromatic carbocycles. The topological polar surface area (TPSA) is 74.5 Å². The molecule has 4 heterocycles. The monoisotopic (exact) mass is 413 g/mol. The molecule has 8 heteroatoms. The highest BCUT2D eigenvalue weighted by atomic mass is 32.1. The molecule has 7 nitrogen and oxygen atoms in total. The Labute approximate surface area is 174 Å². The number of piperidine rings is 1. The van der Waals surface area contributed by atoms with Crippen LogP contribution < -0.4 is 5.32 Å². The number of aromatic nitrogens is 2. The predicted octanol–water partition coefficient (Wildman–Crippen LogP) is 3.62. The number of anilines is 1. The fraction of sp³-hybridized carbons (Fsp3) is 0.476. The molecular weight excluding hydrogens is 386 g/mol. The van der Waals surface area contributed by atoms with Crippen molar-refractivity contribution in [1.29, 1.82) is 0 Å². The summed E-state index contributed by atoms with van der Waals surface area (Å²) in [4.78, 5) is 27.8. The molecule has 1 aliphatic heterocycles. The average molecular weight is 414 g/mol. The van der Waals surface area contributed by atoms with Gasteiger partial charge in [0.1, 0.15) is 22.7 Å². The molecule has 1 N–H and O–H groups in total. The molecule has 3 aromatic heterocycles. The maximum absolute atomic E-state index is 13.2. The Hall–Kier alpha value is -2.45. The molecule has 1 unspecified atom stereocenters. The molecule has 1 amide bonds. The van der Waals surface area contributed by atoms with E-state index >= 15 is 0 Å². The first-order chi connectivity index (χ1) is 14.0. The second kappa shape index (κ2) is 8.51. The highest BCUT2D eigenvalue weighted by Gasteiger charge is 2.25. The minimum atomic E-state index is 0.0655. The van der Waals surface area contributed by atoms with Crippen LogP contribution in [-0.2, 0) is 6.54 Å². The van der Waals surface area contributed by atoms with Gasteiger partial charge in [-0.3, -0.25) is 4.79 Å². The number of likely N-dealkylation sites (tertiary alicyclic amines) is 1. The van der Waals surface area contributed by atoms with Crippen LogP contribution in [0.1, 0.15) is 33.8 Å². The normalized spacial score (nSPS) is 17.6. The van der Waals surface area contributed by atoms with Gasteiger partial charge in [-0.05, 0) is 57.0 Å². The van der Waals surface area contributed by atoms with Crippen LogP contribution in [0.5, 0.6) is 0 Å². The molecule has 29 heavy (non-hydrogen) atoms. The van der Waals surface area contributed by atoms with Crippen LogP contribution in [0, 0.1) is 12.8 Å². The zero-order chi connectivity index (χ0) is 20.4. The van der Waals surface area contributed by atoms with Crippen molar-refractivity contribution in [3.05, 3.63) is 40.9 Å². The number of aryl methyl sites for hydroxylation is 1. The van der Waals surface area contributed by atoms with Crippen LogP contribution in [-0.4, -0.2) is 59.4 Å². The molecule has 4 rings (SSSR count). The number of hydrogen-bond donors (Lipinski definition) is 1. The largest absolute Gasteiger partial charge is 0.467 e. The van der Waals surface area contributed by atoms with Crippen molar-refractivity contribution in [2.75, 3.05) is 39.0 Å². The van der Waals surface area contributed by atoms with E-state index in [0.717, 1.165) is 51.9 Å². The summed E-state index contributed by atoms with van der Waals surface area (Å²) in [6, 6.07) is 3.78. The summed E-state index contributed by atoms with van der Waals surface area (Å²) in [6.07, 6.45) is 5.57. The van der Waals surface area contributed by atoms with Crippen LogP contribution in [0.25, 0.3) is 10.2 Å². The van der Waals surface area contributed by atoms with E-state index in [2.05, 4.69) is 27.2 Å². The molecule has 0 spiro atoms. The van der Waals surface area contributed by atoms with E-state index in [4.69, 9.17) is 4.42 Å². The van der Waals surface area contributed by atoms with Gasteiger partial charge in [-0.1, -0.05) is 0 Å². The van der Waals surface area contributed by atoms with Gasteiger partial charge in [-0.25, -0.2) is 9.97 Å². The van der Waals surface area contributed by atoms with Crippen LogP contribution in [0.4, 0.5) is 5.82 Å². The summed E-state index contributed by atoms with van der Waals surface area (Å²) in [7, 11) is 4.06. The third-order valence-electron chi connectivity index (χ3n) is 5.53. The fourth-order valence-electron chi connectivity index (χ4n) is 4.06. The molecule has 1 atom stereocenters. The van der Waals surface area contributed by atoms with Crippen molar-refractivity contribution >= 4 is 33.3 Å². The number of rotatable bonds is 6. The molecular formula is C21H27N5O2S. The quantitative estimate of drug-likeness (QED) is 0.665. The lowest BCUT2D eigenvalue weighted by Gasteiger charge is -2.32. The molecule has 0 radical (unpaired) electrons. The zero-order valence-corrected chi connectivity index (χ0v) is 18.0. The van der Waals surface area contributed by atoms with Crippen molar-refractivity contribution in [3.63, 3.8) is 0 Å². The minimum absolute atomic E-state index is 0.0655. The maximum Gasteiger partial charge on any atom is 0.264 e. The second-order valence-corrected chi connectivity index (χ2v) is 8.85. The van der Waals surface area contributed by atoms with Crippen molar-refractivity contribution in [3.8, 4) is 0 Å². The first kappa shape index (κ1) is 19.8. The SMILES string of the molecule is Cc1c(C(=O)N(C)CC2CCCN(C)C2)sc2ncnc(NCc3ccco3)c12. The number of furan rings is 1. The Morgan fingerprint density at radius 1 is 1.45 bits per heavy atom. The Balaban J connectivity index is 1.53. The summed E-state index contributed by atoms with van der Waals surface area (Å²) in [6.45, 7) is 5.50. The predicted molar refractivity (Wildman–Crippen MR) is 115 cm³/mol. The third-order valence-corrected chi connectivity index (χ3v) is 6.72. The Morgan fingerprint density at radius 3 is 3.07 bits per heavy atom. The van der Waals surface area contributed by atoms with E-state index < -0.39 is 0 Å². The molecule has 1 aliphatic rings. The number of nitrogens with one attached hydrogen (secondary N) is 1. The standard InChI is InChI=1S/C21H27N5O2S/c1-14-17-19(22-10-16-7-5-9-28-16)23-13-24-20(17)29-18(14)21(27)26(3)12-15-6-4-8-25(2)11-15/h5,7,9,13,15H,4,6,8,10-12H2,1-3H3,(H,22,23,24). The fourth-order valence-corrected chi connectivity index (χ4v) is 5.20. The Morgan fingerprint density at radius 2 is 2.31 bits per heavy atom. The molecule has 0 saturated carbocycles. The summed E-state index contributed by atoms with van der Waals surface area (Å²) in [5, 5.41) is 4.23. The number of carbonyl (C=O) groups excluding carboxylic acids is 1. The van der Waals surface area contributed by atoms with Gasteiger partial charge in [0.2, 0.25) is 0 Å². The lowest BCUT2D eigenvalue weighted by Crippen LogP contribution is -2.39. The average Bonchev–Trinajstić information content (AvgIpc) is 3.34. The van der Waals surface area contributed by atoms with E-state index in [0.29, 0.717) is 12.5 Å². The van der Waals surface area contributed by atoms with E-state index in [9.17, 15) is 4.79 Å².